The van der Waals surface area contributed by atoms with Crippen LogP contribution < -0.4 is 10.6 Å². The normalized spacial score (nSPS) is 21.6. The zero-order valence-electron chi connectivity index (χ0n) is 17.2. The smallest absolute Gasteiger partial charge is 0.407 e. The third kappa shape index (κ3) is 5.61. The molecule has 0 bridgehead atoms. The molecule has 2 amide bonds. The molecule has 2 aromatic heterocycles. The second-order valence-corrected chi connectivity index (χ2v) is 8.35. The van der Waals surface area contributed by atoms with Gasteiger partial charge in [0.1, 0.15) is 11.9 Å². The Kier molecular flexibility index (Phi) is 6.66. The highest BCUT2D eigenvalue weighted by Gasteiger charge is 2.35. The number of aromatic amines is 1. The van der Waals surface area contributed by atoms with Crippen LogP contribution in [0.1, 0.15) is 63.0 Å². The second kappa shape index (κ2) is 9.77. The summed E-state index contributed by atoms with van der Waals surface area (Å²) in [6, 6.07) is 3.69. The summed E-state index contributed by atoms with van der Waals surface area (Å²) < 4.78 is 7.22. The van der Waals surface area contributed by atoms with E-state index in [0.717, 1.165) is 25.1 Å². The quantitative estimate of drug-likeness (QED) is 0.614. The molecule has 4 rings (SSSR count). The molecule has 9 nitrogen and oxygen atoms in total. The van der Waals surface area contributed by atoms with E-state index in [9.17, 15) is 9.59 Å². The lowest BCUT2D eigenvalue weighted by Crippen LogP contribution is -2.38. The SMILES string of the molecule is O=C(CCn1cccn1)Nc1cc([C@H]2C[C@@H](OC(=O)NCC3CCCCC3)C2)n[nH]1. The summed E-state index contributed by atoms with van der Waals surface area (Å²) >= 11 is 0. The number of alkyl carbamates (subject to hydrolysis) is 1. The van der Waals surface area contributed by atoms with Crippen LogP contribution in [0, 0.1) is 5.92 Å². The van der Waals surface area contributed by atoms with Crippen LogP contribution in [0.4, 0.5) is 10.6 Å². The predicted molar refractivity (Wildman–Crippen MR) is 111 cm³/mol. The molecule has 0 aliphatic heterocycles. The molecule has 162 valence electrons. The van der Waals surface area contributed by atoms with E-state index < -0.39 is 0 Å². The van der Waals surface area contributed by atoms with Crippen molar-refractivity contribution in [1.82, 2.24) is 25.3 Å². The van der Waals surface area contributed by atoms with Crippen LogP contribution in [0.15, 0.2) is 24.5 Å². The van der Waals surface area contributed by atoms with Gasteiger partial charge in [0.15, 0.2) is 0 Å². The van der Waals surface area contributed by atoms with E-state index in [1.54, 1.807) is 10.9 Å². The first-order valence-electron chi connectivity index (χ1n) is 10.9. The van der Waals surface area contributed by atoms with Gasteiger partial charge in [-0.05, 0) is 37.7 Å². The number of aryl methyl sites for hydroxylation is 1. The molecule has 2 aromatic rings. The highest BCUT2D eigenvalue weighted by molar-refractivity contribution is 5.89. The second-order valence-electron chi connectivity index (χ2n) is 8.35. The van der Waals surface area contributed by atoms with Crippen LogP contribution in [-0.4, -0.2) is 44.6 Å². The zero-order chi connectivity index (χ0) is 20.8. The first-order valence-corrected chi connectivity index (χ1v) is 10.9. The van der Waals surface area contributed by atoms with Crippen LogP contribution in [0.25, 0.3) is 0 Å². The number of nitrogens with one attached hydrogen (secondary N) is 3. The summed E-state index contributed by atoms with van der Waals surface area (Å²) in [5, 5.41) is 17.0. The van der Waals surface area contributed by atoms with Gasteiger partial charge in [0, 0.05) is 43.9 Å². The van der Waals surface area contributed by atoms with Gasteiger partial charge in [0.05, 0.1) is 5.69 Å². The number of anilines is 1. The summed E-state index contributed by atoms with van der Waals surface area (Å²) in [4.78, 5) is 24.1. The average Bonchev–Trinajstić information content (AvgIpc) is 3.40. The van der Waals surface area contributed by atoms with E-state index >= 15 is 0 Å². The van der Waals surface area contributed by atoms with Crippen molar-refractivity contribution in [3.05, 3.63) is 30.2 Å². The maximum atomic E-state index is 12.1. The Morgan fingerprint density at radius 2 is 2.07 bits per heavy atom. The van der Waals surface area contributed by atoms with Crippen LogP contribution in [0.2, 0.25) is 0 Å². The molecule has 0 saturated heterocycles. The monoisotopic (exact) mass is 414 g/mol. The van der Waals surface area contributed by atoms with Gasteiger partial charge in [-0.1, -0.05) is 19.3 Å². The Labute approximate surface area is 175 Å². The Morgan fingerprint density at radius 1 is 1.23 bits per heavy atom. The third-order valence-electron chi connectivity index (χ3n) is 6.05. The molecule has 0 radical (unpaired) electrons. The number of hydrogen-bond donors (Lipinski definition) is 3. The number of nitrogens with zero attached hydrogens (tertiary/aromatic N) is 3. The summed E-state index contributed by atoms with van der Waals surface area (Å²) in [6.45, 7) is 1.25. The van der Waals surface area contributed by atoms with Crippen LogP contribution in [0.3, 0.4) is 0 Å². The summed E-state index contributed by atoms with van der Waals surface area (Å²) in [5.41, 5.74) is 0.889. The van der Waals surface area contributed by atoms with Gasteiger partial charge in [-0.15, -0.1) is 0 Å². The largest absolute Gasteiger partial charge is 0.446 e. The maximum Gasteiger partial charge on any atom is 0.407 e. The van der Waals surface area contributed by atoms with Crippen LogP contribution >= 0.6 is 0 Å². The van der Waals surface area contributed by atoms with E-state index in [1.165, 1.54) is 32.1 Å². The number of rotatable bonds is 8. The Morgan fingerprint density at radius 3 is 2.83 bits per heavy atom. The molecule has 3 N–H and O–H groups in total. The fourth-order valence-corrected chi connectivity index (χ4v) is 4.19. The van der Waals surface area contributed by atoms with Crippen molar-refractivity contribution in [2.24, 2.45) is 5.92 Å². The van der Waals surface area contributed by atoms with Crippen molar-refractivity contribution < 1.29 is 14.3 Å². The van der Waals surface area contributed by atoms with Gasteiger partial charge >= 0.3 is 6.09 Å². The Hall–Kier alpha value is -2.84. The summed E-state index contributed by atoms with van der Waals surface area (Å²) in [5.74, 6) is 1.33. The van der Waals surface area contributed by atoms with Gasteiger partial charge in [0.25, 0.3) is 0 Å². The van der Waals surface area contributed by atoms with Gasteiger partial charge in [-0.2, -0.15) is 10.2 Å². The number of aromatic nitrogens is 4. The van der Waals surface area contributed by atoms with E-state index in [-0.39, 0.29) is 24.0 Å². The van der Waals surface area contributed by atoms with Crippen LogP contribution in [-0.2, 0) is 16.1 Å². The van der Waals surface area contributed by atoms with E-state index in [4.69, 9.17) is 4.74 Å². The first kappa shape index (κ1) is 20.4. The lowest BCUT2D eigenvalue weighted by molar-refractivity contribution is -0.116. The van der Waals surface area contributed by atoms with Gasteiger partial charge < -0.3 is 15.4 Å². The maximum absolute atomic E-state index is 12.1. The van der Waals surface area contributed by atoms with Crippen molar-refractivity contribution in [1.29, 1.82) is 0 Å². The topological polar surface area (TPSA) is 114 Å². The minimum atomic E-state index is -0.309. The molecular weight excluding hydrogens is 384 g/mol. The fraction of sp³-hybridized carbons (Fsp3) is 0.619. The molecule has 2 aliphatic carbocycles. The minimum Gasteiger partial charge on any atom is -0.446 e. The van der Waals surface area contributed by atoms with Crippen molar-refractivity contribution in [2.45, 2.75) is 69.9 Å². The van der Waals surface area contributed by atoms with Crippen LogP contribution in [0.5, 0.6) is 0 Å². The lowest BCUT2D eigenvalue weighted by atomic mass is 9.80. The summed E-state index contributed by atoms with van der Waals surface area (Å²) in [7, 11) is 0. The highest BCUT2D eigenvalue weighted by atomic mass is 16.6. The number of hydrogen-bond acceptors (Lipinski definition) is 5. The zero-order valence-corrected chi connectivity index (χ0v) is 17.2. The van der Waals surface area contributed by atoms with E-state index in [2.05, 4.69) is 25.9 Å². The van der Waals surface area contributed by atoms with Gasteiger partial charge in [-0.3, -0.25) is 14.6 Å². The minimum absolute atomic E-state index is 0.0647. The third-order valence-corrected chi connectivity index (χ3v) is 6.05. The number of ether oxygens (including phenoxy) is 1. The van der Waals surface area contributed by atoms with Crippen molar-refractivity contribution in [2.75, 3.05) is 11.9 Å². The predicted octanol–water partition coefficient (Wildman–Crippen LogP) is 3.19. The number of carbonyl (C=O) groups is 2. The molecule has 0 aromatic carbocycles. The fourth-order valence-electron chi connectivity index (χ4n) is 4.19. The Bertz CT molecular complexity index is 822. The average molecular weight is 415 g/mol. The number of carbonyl (C=O) groups excluding carboxylic acids is 2. The van der Waals surface area contributed by atoms with E-state index in [1.807, 2.05) is 18.3 Å². The molecule has 9 heteroatoms. The first-order chi connectivity index (χ1) is 14.7. The molecular formula is C21H30N6O3. The van der Waals surface area contributed by atoms with E-state index in [0.29, 0.717) is 24.7 Å². The Balaban J connectivity index is 1.13. The molecule has 0 spiro atoms. The molecule has 2 saturated carbocycles. The molecule has 2 fully saturated rings. The van der Waals surface area contributed by atoms with Crippen molar-refractivity contribution >= 4 is 17.8 Å². The standard InChI is InChI=1S/C21H30N6O3/c28-20(7-10-27-9-4-8-23-27)24-19-13-18(25-26-19)16-11-17(12-16)30-21(29)22-14-15-5-2-1-3-6-15/h4,8-9,13,15-17H,1-3,5-7,10-12,14H2,(H,22,29)(H2,24,25,26,28)/t16-,17+. The summed E-state index contributed by atoms with van der Waals surface area (Å²) in [6.07, 6.45) is 11.2. The molecule has 0 unspecified atom stereocenters. The number of amides is 2. The van der Waals surface area contributed by atoms with Crippen molar-refractivity contribution in [3.63, 3.8) is 0 Å². The molecule has 2 heterocycles. The molecule has 2 aliphatic rings. The lowest BCUT2D eigenvalue weighted by Gasteiger charge is -2.33. The molecule has 0 atom stereocenters. The number of H-pyrrole nitrogens is 1. The van der Waals surface area contributed by atoms with Gasteiger partial charge in [0.2, 0.25) is 5.91 Å². The van der Waals surface area contributed by atoms with Gasteiger partial charge in [-0.25, -0.2) is 4.79 Å². The van der Waals surface area contributed by atoms with Crippen molar-refractivity contribution in [3.8, 4) is 0 Å². The molecule has 30 heavy (non-hydrogen) atoms. The highest BCUT2D eigenvalue weighted by Crippen LogP contribution is 2.38.